The molecule has 1 saturated heterocycles. The minimum Gasteiger partial charge on any atom is -1.00 e. The number of fused-ring (bicyclic) bond motifs is 1. The van der Waals surface area contributed by atoms with Crippen LogP contribution in [0.1, 0.15) is 237 Å². The molecule has 2 aliphatic heterocycles. The Morgan fingerprint density at radius 1 is 0.887 bits per heavy atom. The van der Waals surface area contributed by atoms with Crippen LogP contribution in [-0.4, -0.2) is 68.3 Å². The van der Waals surface area contributed by atoms with E-state index in [-0.39, 0.29) is 45.3 Å². The van der Waals surface area contributed by atoms with Crippen LogP contribution in [-0.2, 0) is 20.6 Å². The van der Waals surface area contributed by atoms with Crippen LogP contribution < -0.4 is 59.4 Å². The maximum absolute atomic E-state index is 11.7. The summed E-state index contributed by atoms with van der Waals surface area (Å²) in [5, 5.41) is 9.60. The van der Waals surface area contributed by atoms with Gasteiger partial charge in [-0.05, 0) is 82.3 Å². The van der Waals surface area contributed by atoms with Gasteiger partial charge in [0.05, 0.1) is 44.2 Å². The number of rotatable bonds is 10. The van der Waals surface area contributed by atoms with Crippen molar-refractivity contribution in [2.75, 3.05) is 13.2 Å². The Bertz CT molecular complexity index is 2140. The molecule has 2 aromatic carbocycles. The third-order valence-corrected chi connectivity index (χ3v) is 8.40. The Kier molecular flexibility index (Phi) is 3.16. The number of aromatic nitrogens is 2. The Hall–Kier alpha value is -4.38. The van der Waals surface area contributed by atoms with Crippen molar-refractivity contribution < 1.29 is 252 Å². The monoisotopic (exact) mass is 967 g/mol. The Morgan fingerprint density at radius 3 is 1.85 bits per heavy atom. The van der Waals surface area contributed by atoms with Gasteiger partial charge in [-0.15, -0.1) is 0 Å². The van der Waals surface area contributed by atoms with E-state index in [1.165, 1.54) is 12.4 Å². The fourth-order valence-electron chi connectivity index (χ4n) is 5.06. The van der Waals surface area contributed by atoms with E-state index in [0.29, 0.717) is 71.1 Å². The summed E-state index contributed by atoms with van der Waals surface area (Å²) in [6.45, 7) is 27.0. The van der Waals surface area contributed by atoms with Crippen LogP contribution in [0.2, 0.25) is 0 Å². The summed E-state index contributed by atoms with van der Waals surface area (Å²) >= 11 is 0. The molecular weight excluding hydrogens is 688 g/mol. The molecule has 0 spiro atoms. The molecule has 53 heavy (non-hydrogen) atoms. The summed E-state index contributed by atoms with van der Waals surface area (Å²) in [5.74, 6) is 2.47. The first kappa shape index (κ1) is 9.01. The number of carbonyl (C=O) groups is 1. The van der Waals surface area contributed by atoms with Crippen LogP contribution in [0.4, 0.5) is 11.4 Å². The molecule has 0 bridgehead atoms. The maximum atomic E-state index is 11.7. The first-order valence-electron chi connectivity index (χ1n) is 76.1. The third-order valence-electron chi connectivity index (χ3n) is 8.40. The normalized spacial score (nSPS) is 23.6. The number of benzene rings is 2. The molecule has 4 heterocycles. The summed E-state index contributed by atoms with van der Waals surface area (Å²) in [7, 11) is -1.51. The van der Waals surface area contributed by atoms with Gasteiger partial charge >= 0.3 is 43.8 Å². The van der Waals surface area contributed by atoms with Crippen LogP contribution >= 0.6 is 0 Å². The van der Waals surface area contributed by atoms with Crippen molar-refractivity contribution in [2.45, 2.75) is 59.4 Å². The molecule has 0 atom stereocenters. The van der Waals surface area contributed by atoms with Crippen molar-refractivity contribution in [3.63, 3.8) is 0 Å². The zero-order valence-corrected chi connectivity index (χ0v) is 32.7. The molecular formula is C36H157B3N4NaO9. The molecule has 2 aliphatic rings. The topological polar surface area (TPSA) is 136 Å². The first-order valence-corrected chi connectivity index (χ1v) is 16.1. The summed E-state index contributed by atoms with van der Waals surface area (Å²) < 4.78 is 640. The SMILES string of the molecule is [2H][2H].[2H][2H].[2H][2H].[2H][2H].[2H][2H].[2H][2H].[2H][2H].[2H][2H].[2H][2H].[2H][2H].[2H][2H].[2H][2H].[2H][2H].[2H][2H].[2H][2H].[2H][2H].[2H][2H].[2H][2H].[2H][2H].[2H][2H].[2H][2H].[2H][2H].[2H][2H].[2H][2H].[2H][2H].[2H][2H].[2H][2H].[2H][2H].[2H][2H].[2H][2H].[2H][2H].[2H][2H].[2H][2H].[2H][2H].[2H][2H].[2H][2H].[2H][2H].[2H][2H].[2H][2H].[2H][2H].[2H][2H].[2H][2H].[2H][2H].[2H][2H].[2H][2H].[2H][2H].[2H][2H].[2H][2H].[2H][2H].[2H][2H].[2H][2H].[2H][2H].[2H][2H].[2H][2H].[2H][2H].[2H][2H].[2H][2H].[2H][2H].[2H][2H].[2H][2H].[B].[C-]#[N+]c1cnc(Oc2ccc(B3OC(C)(C)C(C)(C)O3)c(C=O)c2)cc1OCC.[C-]#[N+]c1cnc(Oc2ccc3c(c2)COB3O)cc1OCC.[H-].[Na+]. The molecule has 0 aliphatic carbocycles. The first-order chi connectivity index (χ1) is 84.4. The zero-order chi connectivity index (χ0) is 157. The Labute approximate surface area is 520 Å². The van der Waals surface area contributed by atoms with Gasteiger partial charge in [0.15, 0.2) is 0 Å². The molecule has 0 unspecified atom stereocenters. The van der Waals surface area contributed by atoms with Crippen molar-refractivity contribution in [2.24, 2.45) is 0 Å². The molecule has 1 fully saturated rings. The van der Waals surface area contributed by atoms with Gasteiger partial charge in [0.1, 0.15) is 29.3 Å². The van der Waals surface area contributed by atoms with Gasteiger partial charge in [-0.25, -0.2) is 19.7 Å². The minimum atomic E-state index is -0.871. The number of pyridine rings is 2. The maximum Gasteiger partial charge on any atom is 1.00 e. The van der Waals surface area contributed by atoms with E-state index in [9.17, 15) is 9.82 Å². The zero-order valence-electron chi connectivity index (χ0n) is 152. The van der Waals surface area contributed by atoms with E-state index in [4.69, 9.17) is 224 Å². The van der Waals surface area contributed by atoms with Gasteiger partial charge in [0.2, 0.25) is 23.1 Å². The van der Waals surface area contributed by atoms with Gasteiger partial charge in [-0.2, -0.15) is 0 Å². The standard InChI is InChI=1S/C21H23BN2O5.C15H13BN2O4.B.Na.60H2.H/c1-7-26-18-11-19(24-12-17(18)23-6)27-15-8-9-16(14(10-15)13-25)22-28-20(2,3)21(4,5)29-22;1-3-20-14-7-15(18-8-13(14)17-2)22-11-4-5-12-10(6-11)9-21-16(12)19;;;;;;;;;;;;;;;;;;;;;;;;;;;;;;;;;;;;;;;;;;;;;;;;;;;;;;;;;;;;;;;/h8-13H,7H2,1-5H3;4-8,19H,3,9H2,1H3;;;60*1H;/q;;;+1;;;;;;;;;;;;;;;;;;;;;;;;;;;;;;;;;;;;;;;;;;;;;;;;;;;;;;;;;;;;;-1/i;;;;60*1+1D;. The molecule has 0 amide bonds. The van der Waals surface area contributed by atoms with E-state index in [1.54, 1.807) is 48.5 Å². The molecule has 385 valence electrons. The minimum absolute atomic E-state index is 0. The van der Waals surface area contributed by atoms with Crippen LogP contribution in [0.5, 0.6) is 34.8 Å². The van der Waals surface area contributed by atoms with Crippen molar-refractivity contribution >= 4 is 51.2 Å². The second-order valence-electron chi connectivity index (χ2n) is 12.3. The van der Waals surface area contributed by atoms with Gasteiger partial charge in [-0.3, -0.25) is 4.79 Å². The van der Waals surface area contributed by atoms with E-state index >= 15 is 0 Å². The summed E-state index contributed by atoms with van der Waals surface area (Å²) in [6, 6.07) is 13.5. The largest absolute Gasteiger partial charge is 1.00 e. The Morgan fingerprint density at radius 2 is 1.38 bits per heavy atom. The fourth-order valence-corrected chi connectivity index (χ4v) is 5.06. The van der Waals surface area contributed by atoms with Crippen LogP contribution in [0.3, 0.4) is 0 Å². The number of ether oxygens (including phenoxy) is 4. The number of hydrogen-bond acceptors (Lipinski definition) is 11. The van der Waals surface area contributed by atoms with Crippen molar-refractivity contribution in [3.8, 4) is 34.8 Å². The summed E-state index contributed by atoms with van der Waals surface area (Å²) in [5.41, 5.74) is 2.32. The molecule has 6 rings (SSSR count). The molecule has 13 nitrogen and oxygen atoms in total. The third kappa shape index (κ3) is 9.99. The smallest absolute Gasteiger partial charge is 1.00 e. The quantitative estimate of drug-likeness (QED) is 0.0924. The van der Waals surface area contributed by atoms with E-state index in [2.05, 4.69) is 19.7 Å². The van der Waals surface area contributed by atoms with E-state index in [1.807, 2.05) is 41.5 Å². The van der Waals surface area contributed by atoms with Crippen molar-refractivity contribution in [1.29, 1.82) is 0 Å². The van der Waals surface area contributed by atoms with E-state index < -0.39 is 25.4 Å². The predicted molar refractivity (Wildman–Crippen MR) is 324 cm³/mol. The van der Waals surface area contributed by atoms with Gasteiger partial charge < -0.3 is 39.4 Å². The van der Waals surface area contributed by atoms with Gasteiger partial charge in [-0.1, -0.05) is 12.1 Å². The summed E-state index contributed by atoms with van der Waals surface area (Å²) in [4.78, 5) is 26.7. The molecule has 0 saturated carbocycles. The second-order valence-corrected chi connectivity index (χ2v) is 12.3. The molecule has 1 N–H and O–H groups in total. The van der Waals surface area contributed by atoms with Crippen LogP contribution in [0.25, 0.3) is 9.69 Å². The summed E-state index contributed by atoms with van der Waals surface area (Å²) in [6.07, 6.45) is 3.56. The second kappa shape index (κ2) is 18.6. The van der Waals surface area contributed by atoms with Crippen molar-refractivity contribution in [3.05, 3.63) is 94.9 Å². The number of hydrogen-bond donors (Lipinski definition) is 1. The van der Waals surface area contributed by atoms with Gasteiger partial charge in [0.25, 0.3) is 0 Å². The molecule has 17 heteroatoms. The molecule has 2 aromatic heterocycles. The Balaban J connectivity index is -0.0000000145. The molecule has 4 aromatic rings. The molecule has 3 radical (unpaired) electrons. The predicted octanol–water partition coefficient (Wildman–Crippen LogP) is 17.5. The average molecular weight is 967 g/mol. The van der Waals surface area contributed by atoms with E-state index in [0.717, 1.165) is 17.3 Å². The fraction of sp³-hybridized carbons (Fsp3) is 0.306. The van der Waals surface area contributed by atoms with Crippen molar-refractivity contribution in [1.82, 2.24) is 9.97 Å². The average Bonchev–Trinajstić information content (AvgIpc) is 1.62. The number of aldehydes is 1. The number of carbonyl (C=O) groups excluding carboxylic acids is 1. The van der Waals surface area contributed by atoms with Crippen LogP contribution in [0.15, 0.2) is 60.9 Å². The number of nitrogens with zero attached hydrogens (tertiary/aromatic N) is 4. The van der Waals surface area contributed by atoms with Crippen LogP contribution in [0, 0.1) is 13.1 Å². The van der Waals surface area contributed by atoms with Gasteiger partial charge in [0, 0.05) is 217 Å².